The van der Waals surface area contributed by atoms with Crippen molar-refractivity contribution in [1.29, 1.82) is 0 Å². The number of hydrogen-bond donors (Lipinski definition) is 0. The summed E-state index contributed by atoms with van der Waals surface area (Å²) in [5, 5.41) is 0.776. The number of rotatable bonds is 5. The first-order chi connectivity index (χ1) is 8.33. The second-order valence-electron chi connectivity index (χ2n) is 3.64. The van der Waals surface area contributed by atoms with Gasteiger partial charge in [-0.05, 0) is 12.1 Å². The Morgan fingerprint density at radius 1 is 1.35 bits per heavy atom. The van der Waals surface area contributed by atoms with Crippen LogP contribution in [0.5, 0.6) is 11.5 Å². The fraction of sp³-hybridized carbons (Fsp3) is 0.500. The molecule has 1 heterocycles. The lowest BCUT2D eigenvalue weighted by molar-refractivity contribution is -0.0788. The lowest BCUT2D eigenvalue weighted by Gasteiger charge is -2.13. The van der Waals surface area contributed by atoms with E-state index in [1.54, 1.807) is 7.11 Å². The second kappa shape index (κ2) is 6.23. The Balaban J connectivity index is 1.85. The quantitative estimate of drug-likeness (QED) is 0.782. The smallest absolute Gasteiger partial charge is 0.192 e. The molecule has 1 aromatic rings. The highest BCUT2D eigenvalue weighted by Gasteiger charge is 2.25. The minimum atomic E-state index is -0.303. The van der Waals surface area contributed by atoms with E-state index in [0.717, 1.165) is 5.33 Å². The van der Waals surface area contributed by atoms with Crippen LogP contribution < -0.4 is 9.47 Å². The number of ether oxygens (including phenoxy) is 4. The Labute approximate surface area is 109 Å². The van der Waals surface area contributed by atoms with E-state index in [2.05, 4.69) is 15.9 Å². The molecular weight excluding hydrogens is 288 g/mol. The van der Waals surface area contributed by atoms with E-state index in [1.165, 1.54) is 0 Å². The van der Waals surface area contributed by atoms with Crippen molar-refractivity contribution in [2.75, 3.05) is 25.7 Å². The summed E-state index contributed by atoms with van der Waals surface area (Å²) in [6.45, 7) is 0.967. The first-order valence-electron chi connectivity index (χ1n) is 5.42. The summed E-state index contributed by atoms with van der Waals surface area (Å²) in [6, 6.07) is 7.51. The number of para-hydroxylation sites is 2. The molecule has 0 saturated carbocycles. The van der Waals surface area contributed by atoms with Gasteiger partial charge >= 0.3 is 0 Å². The van der Waals surface area contributed by atoms with Gasteiger partial charge in [-0.15, -0.1) is 0 Å². The van der Waals surface area contributed by atoms with Crippen LogP contribution in [0.2, 0.25) is 0 Å². The average Bonchev–Trinajstić information content (AvgIpc) is 2.84. The highest BCUT2D eigenvalue weighted by Crippen LogP contribution is 2.26. The van der Waals surface area contributed by atoms with Crippen molar-refractivity contribution in [2.24, 2.45) is 0 Å². The van der Waals surface area contributed by atoms with Gasteiger partial charge in [-0.1, -0.05) is 28.1 Å². The van der Waals surface area contributed by atoms with E-state index in [0.29, 0.717) is 24.7 Å². The third kappa shape index (κ3) is 3.34. The molecule has 0 spiro atoms. The molecule has 0 bridgehead atoms. The molecule has 1 aromatic carbocycles. The van der Waals surface area contributed by atoms with Crippen LogP contribution in [0.3, 0.4) is 0 Å². The molecule has 0 aromatic heterocycles. The SMILES string of the molecule is COc1ccccc1OCC1OCC(CBr)O1. The number of methoxy groups -OCH3 is 1. The monoisotopic (exact) mass is 302 g/mol. The second-order valence-corrected chi connectivity index (χ2v) is 4.28. The molecule has 1 saturated heterocycles. The van der Waals surface area contributed by atoms with Gasteiger partial charge < -0.3 is 18.9 Å². The van der Waals surface area contributed by atoms with Gasteiger partial charge in [-0.2, -0.15) is 0 Å². The molecule has 94 valence electrons. The maximum Gasteiger partial charge on any atom is 0.192 e. The van der Waals surface area contributed by atoms with Crippen LogP contribution in [0.1, 0.15) is 0 Å². The summed E-state index contributed by atoms with van der Waals surface area (Å²) in [5.41, 5.74) is 0. The van der Waals surface area contributed by atoms with Crippen LogP contribution in [0.4, 0.5) is 0 Å². The van der Waals surface area contributed by atoms with E-state index >= 15 is 0 Å². The van der Waals surface area contributed by atoms with E-state index in [9.17, 15) is 0 Å². The molecule has 5 heteroatoms. The number of alkyl halides is 1. The van der Waals surface area contributed by atoms with Crippen molar-refractivity contribution in [1.82, 2.24) is 0 Å². The fourth-order valence-corrected chi connectivity index (χ4v) is 1.91. The van der Waals surface area contributed by atoms with E-state index < -0.39 is 0 Å². The lowest BCUT2D eigenvalue weighted by atomic mass is 10.3. The summed E-state index contributed by atoms with van der Waals surface area (Å²) in [6.07, 6.45) is -0.191. The van der Waals surface area contributed by atoms with Gasteiger partial charge in [-0.3, -0.25) is 0 Å². The van der Waals surface area contributed by atoms with E-state index in [1.807, 2.05) is 24.3 Å². The Kier molecular flexibility index (Phi) is 4.65. The molecule has 17 heavy (non-hydrogen) atoms. The predicted octanol–water partition coefficient (Wildman–Crippen LogP) is 2.21. The van der Waals surface area contributed by atoms with Crippen molar-refractivity contribution in [3.63, 3.8) is 0 Å². The van der Waals surface area contributed by atoms with Crippen LogP contribution in [0, 0.1) is 0 Å². The Bertz CT molecular complexity index is 358. The predicted molar refractivity (Wildman–Crippen MR) is 66.9 cm³/mol. The fourth-order valence-electron chi connectivity index (χ4n) is 1.57. The molecule has 4 nitrogen and oxygen atoms in total. The van der Waals surface area contributed by atoms with Gasteiger partial charge in [0, 0.05) is 5.33 Å². The first-order valence-corrected chi connectivity index (χ1v) is 6.54. The molecule has 1 aliphatic heterocycles. The molecule has 0 radical (unpaired) electrons. The third-order valence-corrected chi connectivity index (χ3v) is 3.15. The molecule has 2 rings (SSSR count). The largest absolute Gasteiger partial charge is 0.493 e. The van der Waals surface area contributed by atoms with Gasteiger partial charge in [0.25, 0.3) is 0 Å². The summed E-state index contributed by atoms with van der Waals surface area (Å²) >= 11 is 3.36. The molecular formula is C12H15BrO4. The zero-order chi connectivity index (χ0) is 12.1. The van der Waals surface area contributed by atoms with Gasteiger partial charge in [-0.25, -0.2) is 0 Å². The van der Waals surface area contributed by atoms with Crippen LogP contribution in [-0.4, -0.2) is 38.0 Å². The minimum absolute atomic E-state index is 0.112. The maximum absolute atomic E-state index is 5.61. The summed E-state index contributed by atoms with van der Waals surface area (Å²) in [5.74, 6) is 1.41. The molecule has 0 N–H and O–H groups in total. The van der Waals surface area contributed by atoms with Crippen molar-refractivity contribution >= 4 is 15.9 Å². The topological polar surface area (TPSA) is 36.9 Å². The zero-order valence-electron chi connectivity index (χ0n) is 9.60. The average molecular weight is 303 g/mol. The Morgan fingerprint density at radius 3 is 2.76 bits per heavy atom. The Morgan fingerprint density at radius 2 is 2.12 bits per heavy atom. The zero-order valence-corrected chi connectivity index (χ0v) is 11.2. The lowest BCUT2D eigenvalue weighted by Crippen LogP contribution is -2.20. The van der Waals surface area contributed by atoms with Crippen molar-refractivity contribution in [2.45, 2.75) is 12.4 Å². The summed E-state index contributed by atoms with van der Waals surface area (Å²) in [7, 11) is 1.62. The van der Waals surface area contributed by atoms with E-state index in [4.69, 9.17) is 18.9 Å². The van der Waals surface area contributed by atoms with Gasteiger partial charge in [0.2, 0.25) is 0 Å². The van der Waals surface area contributed by atoms with Gasteiger partial charge in [0.1, 0.15) is 6.61 Å². The minimum Gasteiger partial charge on any atom is -0.493 e. The highest BCUT2D eigenvalue weighted by atomic mass is 79.9. The normalized spacial score (nSPS) is 23.6. The van der Waals surface area contributed by atoms with Crippen molar-refractivity contribution < 1.29 is 18.9 Å². The van der Waals surface area contributed by atoms with Crippen LogP contribution in [-0.2, 0) is 9.47 Å². The van der Waals surface area contributed by atoms with Crippen molar-refractivity contribution in [3.8, 4) is 11.5 Å². The first kappa shape index (κ1) is 12.7. The number of hydrogen-bond acceptors (Lipinski definition) is 4. The molecule has 1 fully saturated rings. The van der Waals surface area contributed by atoms with Crippen LogP contribution in [0.25, 0.3) is 0 Å². The highest BCUT2D eigenvalue weighted by molar-refractivity contribution is 9.09. The standard InChI is InChI=1S/C12H15BrO4/c1-14-10-4-2-3-5-11(10)15-8-12-16-7-9(6-13)17-12/h2-5,9,12H,6-8H2,1H3. The summed E-state index contributed by atoms with van der Waals surface area (Å²) in [4.78, 5) is 0. The number of halogens is 1. The number of benzene rings is 1. The van der Waals surface area contributed by atoms with Crippen LogP contribution >= 0.6 is 15.9 Å². The summed E-state index contributed by atoms with van der Waals surface area (Å²) < 4.78 is 21.8. The Hall–Kier alpha value is -0.780. The van der Waals surface area contributed by atoms with Crippen LogP contribution in [0.15, 0.2) is 24.3 Å². The van der Waals surface area contributed by atoms with Gasteiger partial charge in [0.05, 0.1) is 19.8 Å². The molecule has 2 atom stereocenters. The molecule has 1 aliphatic rings. The molecule has 0 amide bonds. The van der Waals surface area contributed by atoms with Gasteiger partial charge in [0.15, 0.2) is 17.8 Å². The third-order valence-electron chi connectivity index (χ3n) is 2.43. The van der Waals surface area contributed by atoms with Crippen molar-refractivity contribution in [3.05, 3.63) is 24.3 Å². The maximum atomic E-state index is 5.61. The molecule has 2 unspecified atom stereocenters. The molecule has 0 aliphatic carbocycles. The van der Waals surface area contributed by atoms with E-state index in [-0.39, 0.29) is 12.4 Å².